The van der Waals surface area contributed by atoms with E-state index in [1.807, 2.05) is 35.1 Å². The van der Waals surface area contributed by atoms with Crippen molar-refractivity contribution in [3.8, 4) is 22.3 Å². The van der Waals surface area contributed by atoms with Gasteiger partial charge in [0, 0.05) is 37.0 Å². The SMILES string of the molecule is COCCCn1cc(-c2cccc(-c3ccc(Cl)cc3)c2)cn1. The molecule has 23 heavy (non-hydrogen) atoms. The Hall–Kier alpha value is -2.10. The van der Waals surface area contributed by atoms with E-state index in [2.05, 4.69) is 35.6 Å². The number of benzene rings is 2. The number of rotatable bonds is 6. The summed E-state index contributed by atoms with van der Waals surface area (Å²) in [5, 5.41) is 5.17. The zero-order valence-corrected chi connectivity index (χ0v) is 13.8. The molecule has 1 heterocycles. The highest BCUT2D eigenvalue weighted by Gasteiger charge is 2.04. The van der Waals surface area contributed by atoms with Gasteiger partial charge in [0.2, 0.25) is 0 Å². The Kier molecular flexibility index (Phi) is 5.11. The first-order valence-corrected chi connectivity index (χ1v) is 8.02. The maximum Gasteiger partial charge on any atom is 0.0568 e. The van der Waals surface area contributed by atoms with Gasteiger partial charge in [-0.05, 0) is 41.3 Å². The lowest BCUT2D eigenvalue weighted by molar-refractivity contribution is 0.189. The van der Waals surface area contributed by atoms with Crippen LogP contribution in [0.1, 0.15) is 6.42 Å². The van der Waals surface area contributed by atoms with Gasteiger partial charge in [-0.25, -0.2) is 0 Å². The molecule has 3 rings (SSSR count). The normalized spacial score (nSPS) is 10.9. The van der Waals surface area contributed by atoms with E-state index in [0.29, 0.717) is 0 Å². The lowest BCUT2D eigenvalue weighted by Crippen LogP contribution is -2.01. The number of halogens is 1. The summed E-state index contributed by atoms with van der Waals surface area (Å²) in [6.07, 6.45) is 4.95. The van der Waals surface area contributed by atoms with E-state index in [4.69, 9.17) is 16.3 Å². The van der Waals surface area contributed by atoms with Crippen LogP contribution in [-0.2, 0) is 11.3 Å². The van der Waals surface area contributed by atoms with Crippen LogP contribution < -0.4 is 0 Å². The molecule has 0 unspecified atom stereocenters. The van der Waals surface area contributed by atoms with Gasteiger partial charge in [-0.2, -0.15) is 5.10 Å². The largest absolute Gasteiger partial charge is 0.385 e. The van der Waals surface area contributed by atoms with Crippen molar-refractivity contribution in [2.75, 3.05) is 13.7 Å². The molecule has 0 aliphatic rings. The summed E-state index contributed by atoms with van der Waals surface area (Å²) in [6.45, 7) is 1.62. The molecule has 0 saturated heterocycles. The highest BCUT2D eigenvalue weighted by molar-refractivity contribution is 6.30. The molecule has 0 aliphatic carbocycles. The minimum Gasteiger partial charge on any atom is -0.385 e. The first-order chi connectivity index (χ1) is 11.3. The Morgan fingerprint density at radius 3 is 2.48 bits per heavy atom. The third kappa shape index (κ3) is 4.01. The van der Waals surface area contributed by atoms with Crippen LogP contribution >= 0.6 is 11.6 Å². The fourth-order valence-corrected chi connectivity index (χ4v) is 2.65. The van der Waals surface area contributed by atoms with Gasteiger partial charge in [0.15, 0.2) is 0 Å². The number of methoxy groups -OCH3 is 1. The molecule has 2 aromatic carbocycles. The Bertz CT molecular complexity index is 765. The number of ether oxygens (including phenoxy) is 1. The van der Waals surface area contributed by atoms with Gasteiger partial charge in [-0.1, -0.05) is 41.9 Å². The second-order valence-electron chi connectivity index (χ2n) is 5.43. The van der Waals surface area contributed by atoms with Gasteiger partial charge in [0.05, 0.1) is 6.20 Å². The van der Waals surface area contributed by atoms with Crippen LogP contribution in [0.15, 0.2) is 60.9 Å². The van der Waals surface area contributed by atoms with Crippen molar-refractivity contribution in [1.29, 1.82) is 0 Å². The molecule has 4 heteroatoms. The molecular formula is C19H19ClN2O. The zero-order chi connectivity index (χ0) is 16.1. The van der Waals surface area contributed by atoms with Crippen molar-refractivity contribution in [2.45, 2.75) is 13.0 Å². The highest BCUT2D eigenvalue weighted by atomic mass is 35.5. The van der Waals surface area contributed by atoms with E-state index >= 15 is 0 Å². The van der Waals surface area contributed by atoms with E-state index in [9.17, 15) is 0 Å². The molecule has 118 valence electrons. The monoisotopic (exact) mass is 326 g/mol. The van der Waals surface area contributed by atoms with E-state index in [0.717, 1.165) is 41.3 Å². The number of hydrogen-bond acceptors (Lipinski definition) is 2. The standard InChI is InChI=1S/C19H19ClN2O/c1-23-11-3-10-22-14-18(13-21-22)17-5-2-4-16(12-17)15-6-8-19(20)9-7-15/h2,4-9,12-14H,3,10-11H2,1H3. The lowest BCUT2D eigenvalue weighted by Gasteiger charge is -2.05. The molecule has 0 fully saturated rings. The van der Waals surface area contributed by atoms with Crippen LogP contribution in [0.25, 0.3) is 22.3 Å². The Morgan fingerprint density at radius 1 is 1.00 bits per heavy atom. The summed E-state index contributed by atoms with van der Waals surface area (Å²) in [5.41, 5.74) is 4.61. The number of aryl methyl sites for hydroxylation is 1. The summed E-state index contributed by atoms with van der Waals surface area (Å²) in [4.78, 5) is 0. The summed E-state index contributed by atoms with van der Waals surface area (Å²) < 4.78 is 7.04. The van der Waals surface area contributed by atoms with Gasteiger partial charge >= 0.3 is 0 Å². The summed E-state index contributed by atoms with van der Waals surface area (Å²) >= 11 is 5.96. The number of aromatic nitrogens is 2. The van der Waals surface area contributed by atoms with Crippen LogP contribution in [0.4, 0.5) is 0 Å². The molecule has 0 atom stereocenters. The maximum absolute atomic E-state index is 5.96. The second-order valence-corrected chi connectivity index (χ2v) is 5.86. The van der Waals surface area contributed by atoms with Crippen LogP contribution in [0.2, 0.25) is 5.02 Å². The molecule has 0 N–H and O–H groups in total. The minimum absolute atomic E-state index is 0.751. The van der Waals surface area contributed by atoms with Crippen LogP contribution in [0.5, 0.6) is 0 Å². The number of hydrogen-bond donors (Lipinski definition) is 0. The molecule has 0 amide bonds. The van der Waals surface area contributed by atoms with E-state index < -0.39 is 0 Å². The zero-order valence-electron chi connectivity index (χ0n) is 13.1. The Balaban J connectivity index is 1.81. The first kappa shape index (κ1) is 15.8. The molecule has 0 aliphatic heterocycles. The molecular weight excluding hydrogens is 308 g/mol. The van der Waals surface area contributed by atoms with Gasteiger partial charge in [0.25, 0.3) is 0 Å². The van der Waals surface area contributed by atoms with Crippen molar-refractivity contribution in [1.82, 2.24) is 9.78 Å². The third-order valence-corrected chi connectivity index (χ3v) is 3.99. The fraction of sp³-hybridized carbons (Fsp3) is 0.211. The molecule has 3 nitrogen and oxygen atoms in total. The van der Waals surface area contributed by atoms with Crippen LogP contribution in [0, 0.1) is 0 Å². The molecule has 0 radical (unpaired) electrons. The van der Waals surface area contributed by atoms with Crippen molar-refractivity contribution >= 4 is 11.6 Å². The Labute approximate surface area is 141 Å². The molecule has 0 spiro atoms. The molecule has 0 saturated carbocycles. The average molecular weight is 327 g/mol. The molecule has 3 aromatic rings. The van der Waals surface area contributed by atoms with E-state index in [-0.39, 0.29) is 0 Å². The van der Waals surface area contributed by atoms with Gasteiger partial charge in [0.1, 0.15) is 0 Å². The summed E-state index contributed by atoms with van der Waals surface area (Å²) in [7, 11) is 1.72. The molecule has 1 aromatic heterocycles. The van der Waals surface area contributed by atoms with Gasteiger partial charge < -0.3 is 4.74 Å². The second kappa shape index (κ2) is 7.44. The quantitative estimate of drug-likeness (QED) is 0.602. The lowest BCUT2D eigenvalue weighted by atomic mass is 10.0. The van der Waals surface area contributed by atoms with Crippen molar-refractivity contribution < 1.29 is 4.74 Å². The predicted octanol–water partition coefficient (Wildman–Crippen LogP) is 4.91. The van der Waals surface area contributed by atoms with Crippen molar-refractivity contribution in [2.24, 2.45) is 0 Å². The maximum atomic E-state index is 5.96. The summed E-state index contributed by atoms with van der Waals surface area (Å²) in [5.74, 6) is 0. The predicted molar refractivity (Wildman–Crippen MR) is 94.6 cm³/mol. The van der Waals surface area contributed by atoms with Crippen molar-refractivity contribution in [3.05, 3.63) is 65.9 Å². The topological polar surface area (TPSA) is 27.1 Å². The number of nitrogens with zero attached hydrogens (tertiary/aromatic N) is 2. The van der Waals surface area contributed by atoms with Gasteiger partial charge in [-0.15, -0.1) is 0 Å². The average Bonchev–Trinajstić information content (AvgIpc) is 3.05. The van der Waals surface area contributed by atoms with Crippen molar-refractivity contribution in [3.63, 3.8) is 0 Å². The summed E-state index contributed by atoms with van der Waals surface area (Å²) in [6, 6.07) is 16.4. The van der Waals surface area contributed by atoms with Crippen LogP contribution in [0.3, 0.4) is 0 Å². The van der Waals surface area contributed by atoms with Gasteiger partial charge in [-0.3, -0.25) is 4.68 Å². The Morgan fingerprint density at radius 2 is 1.74 bits per heavy atom. The minimum atomic E-state index is 0.751. The molecule has 0 bridgehead atoms. The highest BCUT2D eigenvalue weighted by Crippen LogP contribution is 2.27. The smallest absolute Gasteiger partial charge is 0.0568 e. The van der Waals surface area contributed by atoms with Crippen LogP contribution in [-0.4, -0.2) is 23.5 Å². The fourth-order valence-electron chi connectivity index (χ4n) is 2.53. The van der Waals surface area contributed by atoms with E-state index in [1.54, 1.807) is 7.11 Å². The van der Waals surface area contributed by atoms with E-state index in [1.165, 1.54) is 5.56 Å². The first-order valence-electron chi connectivity index (χ1n) is 7.64. The third-order valence-electron chi connectivity index (χ3n) is 3.74.